The fraction of sp³-hybridized carbons (Fsp3) is 0.533. The number of benzene rings is 1. The van der Waals surface area contributed by atoms with Gasteiger partial charge in [0.15, 0.2) is 0 Å². The van der Waals surface area contributed by atoms with Gasteiger partial charge in [0.05, 0.1) is 11.5 Å². The molecule has 3 nitrogen and oxygen atoms in total. The van der Waals surface area contributed by atoms with Crippen LogP contribution in [0.25, 0.3) is 0 Å². The number of nitrogens with two attached hydrogens (primary N) is 1. The third kappa shape index (κ3) is 5.31. The minimum absolute atomic E-state index is 0.260. The molecule has 0 heterocycles. The van der Waals surface area contributed by atoms with Crippen molar-refractivity contribution in [3.05, 3.63) is 35.9 Å². The quantitative estimate of drug-likeness (QED) is 0.802. The van der Waals surface area contributed by atoms with Crippen LogP contribution in [-0.2, 0) is 6.54 Å². The van der Waals surface area contributed by atoms with Crippen LogP contribution in [0, 0.1) is 16.7 Å². The van der Waals surface area contributed by atoms with Gasteiger partial charge in [-0.25, -0.2) is 0 Å². The molecular weight excluding hydrogens is 222 g/mol. The Balaban J connectivity index is 2.53. The van der Waals surface area contributed by atoms with Crippen LogP contribution >= 0.6 is 0 Å². The molecule has 18 heavy (non-hydrogen) atoms. The molecule has 0 unspecified atom stereocenters. The van der Waals surface area contributed by atoms with Gasteiger partial charge in [-0.3, -0.25) is 4.90 Å². The molecule has 0 radical (unpaired) electrons. The van der Waals surface area contributed by atoms with E-state index in [9.17, 15) is 0 Å². The van der Waals surface area contributed by atoms with E-state index in [0.29, 0.717) is 6.54 Å². The highest BCUT2D eigenvalue weighted by molar-refractivity contribution is 5.14. The maximum atomic E-state index is 9.03. The SMILES string of the molecule is CC(C)(C#N)CCN(CCN)Cc1ccccc1. The summed E-state index contributed by atoms with van der Waals surface area (Å²) in [5.74, 6) is 0. The van der Waals surface area contributed by atoms with E-state index in [0.717, 1.165) is 26.1 Å². The number of nitrogens with zero attached hydrogens (tertiary/aromatic N) is 2. The molecule has 0 aromatic heterocycles. The van der Waals surface area contributed by atoms with Crippen molar-refractivity contribution in [3.63, 3.8) is 0 Å². The van der Waals surface area contributed by atoms with Crippen molar-refractivity contribution >= 4 is 0 Å². The molecule has 0 atom stereocenters. The van der Waals surface area contributed by atoms with Crippen LogP contribution < -0.4 is 5.73 Å². The van der Waals surface area contributed by atoms with Crippen LogP contribution in [-0.4, -0.2) is 24.5 Å². The summed E-state index contributed by atoms with van der Waals surface area (Å²) in [6.07, 6.45) is 0.871. The largest absolute Gasteiger partial charge is 0.329 e. The predicted octanol–water partition coefficient (Wildman–Crippen LogP) is 2.39. The van der Waals surface area contributed by atoms with Crippen LogP contribution in [0.4, 0.5) is 0 Å². The number of hydrogen-bond donors (Lipinski definition) is 1. The minimum atomic E-state index is -0.260. The lowest BCUT2D eigenvalue weighted by atomic mass is 9.91. The van der Waals surface area contributed by atoms with E-state index in [1.54, 1.807) is 0 Å². The first-order valence-corrected chi connectivity index (χ1v) is 6.45. The van der Waals surface area contributed by atoms with Crippen molar-refractivity contribution in [2.75, 3.05) is 19.6 Å². The molecule has 1 aromatic rings. The van der Waals surface area contributed by atoms with E-state index in [1.165, 1.54) is 5.56 Å². The Morgan fingerprint density at radius 1 is 1.22 bits per heavy atom. The van der Waals surface area contributed by atoms with Crippen molar-refractivity contribution in [3.8, 4) is 6.07 Å². The highest BCUT2D eigenvalue weighted by Crippen LogP contribution is 2.19. The molecule has 0 bridgehead atoms. The second-order valence-corrected chi connectivity index (χ2v) is 5.30. The first-order valence-electron chi connectivity index (χ1n) is 6.45. The molecular formula is C15H23N3. The zero-order chi connectivity index (χ0) is 13.4. The Hall–Kier alpha value is -1.37. The molecule has 0 aliphatic rings. The zero-order valence-electron chi connectivity index (χ0n) is 11.4. The number of hydrogen-bond acceptors (Lipinski definition) is 3. The number of rotatable bonds is 7. The maximum absolute atomic E-state index is 9.03. The lowest BCUT2D eigenvalue weighted by molar-refractivity contribution is 0.240. The molecule has 0 saturated carbocycles. The van der Waals surface area contributed by atoms with Crippen molar-refractivity contribution in [2.24, 2.45) is 11.1 Å². The number of nitriles is 1. The highest BCUT2D eigenvalue weighted by Gasteiger charge is 2.18. The van der Waals surface area contributed by atoms with Crippen LogP contribution in [0.3, 0.4) is 0 Å². The summed E-state index contributed by atoms with van der Waals surface area (Å²) in [6, 6.07) is 12.7. The molecule has 0 saturated heterocycles. The van der Waals surface area contributed by atoms with Gasteiger partial charge in [-0.05, 0) is 25.8 Å². The van der Waals surface area contributed by atoms with Gasteiger partial charge in [0, 0.05) is 26.2 Å². The van der Waals surface area contributed by atoms with Crippen LogP contribution in [0.15, 0.2) is 30.3 Å². The van der Waals surface area contributed by atoms with E-state index in [2.05, 4.69) is 35.2 Å². The van der Waals surface area contributed by atoms with Crippen molar-refractivity contribution in [1.29, 1.82) is 5.26 Å². The van der Waals surface area contributed by atoms with Crippen molar-refractivity contribution < 1.29 is 0 Å². The summed E-state index contributed by atoms with van der Waals surface area (Å²) in [5.41, 5.74) is 6.68. The molecule has 0 amide bonds. The third-order valence-corrected chi connectivity index (χ3v) is 3.05. The van der Waals surface area contributed by atoms with Gasteiger partial charge in [-0.1, -0.05) is 30.3 Å². The lowest BCUT2D eigenvalue weighted by Crippen LogP contribution is -2.32. The Bertz CT molecular complexity index is 378. The first kappa shape index (κ1) is 14.7. The van der Waals surface area contributed by atoms with Gasteiger partial charge in [0.25, 0.3) is 0 Å². The van der Waals surface area contributed by atoms with Gasteiger partial charge in [-0.2, -0.15) is 5.26 Å². The molecule has 1 aromatic carbocycles. The molecule has 0 spiro atoms. The topological polar surface area (TPSA) is 53.0 Å². The smallest absolute Gasteiger partial charge is 0.0684 e. The first-order chi connectivity index (χ1) is 8.57. The van der Waals surface area contributed by atoms with E-state index in [-0.39, 0.29) is 5.41 Å². The van der Waals surface area contributed by atoms with Gasteiger partial charge in [-0.15, -0.1) is 0 Å². The second-order valence-electron chi connectivity index (χ2n) is 5.30. The summed E-state index contributed by atoms with van der Waals surface area (Å²) >= 11 is 0. The van der Waals surface area contributed by atoms with E-state index >= 15 is 0 Å². The van der Waals surface area contributed by atoms with Crippen molar-refractivity contribution in [1.82, 2.24) is 4.90 Å². The summed E-state index contributed by atoms with van der Waals surface area (Å²) < 4.78 is 0. The Labute approximate surface area is 110 Å². The monoisotopic (exact) mass is 245 g/mol. The van der Waals surface area contributed by atoms with Crippen molar-refractivity contribution in [2.45, 2.75) is 26.8 Å². The standard InChI is InChI=1S/C15H23N3/c1-15(2,13-17)8-10-18(11-9-16)12-14-6-4-3-5-7-14/h3-7H,8-12,16H2,1-2H3. The zero-order valence-corrected chi connectivity index (χ0v) is 11.4. The Kier molecular flexibility index (Phi) is 5.84. The van der Waals surface area contributed by atoms with E-state index in [4.69, 9.17) is 11.0 Å². The third-order valence-electron chi connectivity index (χ3n) is 3.05. The van der Waals surface area contributed by atoms with Crippen LogP contribution in [0.2, 0.25) is 0 Å². The average Bonchev–Trinajstić information content (AvgIpc) is 2.38. The van der Waals surface area contributed by atoms with E-state index < -0.39 is 0 Å². The summed E-state index contributed by atoms with van der Waals surface area (Å²) in [6.45, 7) is 7.30. The normalized spacial score (nSPS) is 11.5. The molecule has 0 aliphatic heterocycles. The molecule has 98 valence electrons. The van der Waals surface area contributed by atoms with Gasteiger partial charge in [0.2, 0.25) is 0 Å². The fourth-order valence-electron chi connectivity index (χ4n) is 1.79. The summed E-state index contributed by atoms with van der Waals surface area (Å²) in [4.78, 5) is 2.31. The highest BCUT2D eigenvalue weighted by atomic mass is 15.1. The Morgan fingerprint density at radius 2 is 1.89 bits per heavy atom. The lowest BCUT2D eigenvalue weighted by Gasteiger charge is -2.25. The summed E-state index contributed by atoms with van der Waals surface area (Å²) in [5, 5.41) is 9.03. The fourth-order valence-corrected chi connectivity index (χ4v) is 1.79. The molecule has 1 rings (SSSR count). The molecule has 3 heteroatoms. The Morgan fingerprint density at radius 3 is 2.44 bits per heavy atom. The molecule has 0 fully saturated rings. The molecule has 2 N–H and O–H groups in total. The van der Waals surface area contributed by atoms with Crippen LogP contribution in [0.5, 0.6) is 0 Å². The second kappa shape index (κ2) is 7.15. The average molecular weight is 245 g/mol. The summed E-state index contributed by atoms with van der Waals surface area (Å²) in [7, 11) is 0. The predicted molar refractivity (Wildman–Crippen MR) is 74.8 cm³/mol. The van der Waals surface area contributed by atoms with Gasteiger partial charge in [0.1, 0.15) is 0 Å². The van der Waals surface area contributed by atoms with Gasteiger partial charge < -0.3 is 5.73 Å². The maximum Gasteiger partial charge on any atom is 0.0684 e. The molecule has 0 aliphatic carbocycles. The minimum Gasteiger partial charge on any atom is -0.329 e. The van der Waals surface area contributed by atoms with Gasteiger partial charge >= 0.3 is 0 Å². The van der Waals surface area contributed by atoms with Crippen LogP contribution in [0.1, 0.15) is 25.8 Å². The van der Waals surface area contributed by atoms with E-state index in [1.807, 2.05) is 19.9 Å².